The molecule has 76 valence electrons. The van der Waals surface area contributed by atoms with Gasteiger partial charge in [-0.1, -0.05) is 12.8 Å². The first-order valence-electron chi connectivity index (χ1n) is 5.66. The first-order chi connectivity index (χ1) is 6.36. The molecule has 1 nitrogen and oxygen atoms in total. The van der Waals surface area contributed by atoms with E-state index < -0.39 is 0 Å². The normalized spacial score (nSPS) is 35.8. The molecule has 0 saturated heterocycles. The van der Waals surface area contributed by atoms with Crippen molar-refractivity contribution in [3.63, 3.8) is 0 Å². The first kappa shape index (κ1) is 9.85. The molecule has 0 aromatic heterocycles. The molecule has 2 fully saturated rings. The molecule has 2 atom stereocenters. The second-order valence-corrected chi connectivity index (χ2v) is 5.79. The van der Waals surface area contributed by atoms with Gasteiger partial charge in [0.2, 0.25) is 0 Å². The van der Waals surface area contributed by atoms with Crippen molar-refractivity contribution in [3.8, 4) is 0 Å². The van der Waals surface area contributed by atoms with Crippen molar-refractivity contribution in [2.75, 3.05) is 5.75 Å². The van der Waals surface area contributed by atoms with Crippen LogP contribution in [0.2, 0.25) is 0 Å². The first-order valence-corrected chi connectivity index (χ1v) is 6.71. The average molecular weight is 200 g/mol. The van der Waals surface area contributed by atoms with Crippen LogP contribution in [0, 0.1) is 5.92 Å². The maximum Gasteiger partial charge on any atom is 0.0658 e. The summed E-state index contributed by atoms with van der Waals surface area (Å²) in [4.78, 5) is 0. The molecule has 0 spiro atoms. The molecule has 0 aromatic carbocycles. The van der Waals surface area contributed by atoms with Gasteiger partial charge in [0.25, 0.3) is 0 Å². The summed E-state index contributed by atoms with van der Waals surface area (Å²) in [6.45, 7) is 0. The largest absolute Gasteiger partial charge is 0.392 e. The number of hydrogen-bond acceptors (Lipinski definition) is 2. The standard InChI is InChI=1S/C11H20OS/c12-10-6-3-7-11(10)13-8-9-4-1-2-5-9/h9-12H,1-8H2/t10-,11-/m1/s1. The molecule has 2 aliphatic rings. The Hall–Kier alpha value is 0.310. The van der Waals surface area contributed by atoms with Crippen LogP contribution in [0.3, 0.4) is 0 Å². The number of aliphatic hydroxyl groups is 1. The summed E-state index contributed by atoms with van der Waals surface area (Å²) in [5, 5.41) is 10.2. The molecule has 0 amide bonds. The van der Waals surface area contributed by atoms with E-state index in [0.717, 1.165) is 12.3 Å². The van der Waals surface area contributed by atoms with Gasteiger partial charge in [-0.15, -0.1) is 0 Å². The van der Waals surface area contributed by atoms with E-state index in [0.29, 0.717) is 5.25 Å². The van der Waals surface area contributed by atoms with Gasteiger partial charge in [-0.05, 0) is 43.8 Å². The van der Waals surface area contributed by atoms with Gasteiger partial charge >= 0.3 is 0 Å². The van der Waals surface area contributed by atoms with Crippen LogP contribution in [0.5, 0.6) is 0 Å². The highest BCUT2D eigenvalue weighted by Crippen LogP contribution is 2.34. The van der Waals surface area contributed by atoms with E-state index in [9.17, 15) is 5.11 Å². The summed E-state index contributed by atoms with van der Waals surface area (Å²) in [5.74, 6) is 2.28. The predicted molar refractivity (Wildman–Crippen MR) is 58.1 cm³/mol. The Morgan fingerprint density at radius 2 is 1.77 bits per heavy atom. The van der Waals surface area contributed by atoms with Gasteiger partial charge in [-0.25, -0.2) is 0 Å². The van der Waals surface area contributed by atoms with Crippen LogP contribution in [-0.2, 0) is 0 Å². The van der Waals surface area contributed by atoms with Crippen molar-refractivity contribution in [1.29, 1.82) is 0 Å². The maximum absolute atomic E-state index is 9.64. The Balaban J connectivity index is 1.66. The monoisotopic (exact) mass is 200 g/mol. The Kier molecular flexibility index (Phi) is 3.56. The molecule has 2 rings (SSSR count). The highest BCUT2D eigenvalue weighted by atomic mass is 32.2. The Labute approximate surface area is 85.3 Å². The van der Waals surface area contributed by atoms with Crippen LogP contribution in [0.1, 0.15) is 44.9 Å². The minimum atomic E-state index is 0.00593. The van der Waals surface area contributed by atoms with E-state index in [2.05, 4.69) is 0 Å². The maximum atomic E-state index is 9.64. The third-order valence-corrected chi connectivity index (χ3v) is 5.08. The lowest BCUT2D eigenvalue weighted by atomic mass is 10.1. The van der Waals surface area contributed by atoms with Crippen LogP contribution in [0.25, 0.3) is 0 Å². The zero-order valence-electron chi connectivity index (χ0n) is 8.24. The molecule has 0 heterocycles. The predicted octanol–water partition coefficient (Wildman–Crippen LogP) is 2.82. The highest BCUT2D eigenvalue weighted by molar-refractivity contribution is 7.99. The van der Waals surface area contributed by atoms with E-state index in [-0.39, 0.29) is 6.10 Å². The van der Waals surface area contributed by atoms with E-state index in [1.165, 1.54) is 44.3 Å². The molecule has 13 heavy (non-hydrogen) atoms. The average Bonchev–Trinajstić information content (AvgIpc) is 2.72. The van der Waals surface area contributed by atoms with Crippen molar-refractivity contribution in [1.82, 2.24) is 0 Å². The van der Waals surface area contributed by atoms with Crippen LogP contribution < -0.4 is 0 Å². The molecule has 1 N–H and O–H groups in total. The lowest BCUT2D eigenvalue weighted by Gasteiger charge is -2.16. The Morgan fingerprint density at radius 3 is 2.38 bits per heavy atom. The third kappa shape index (κ3) is 2.63. The van der Waals surface area contributed by atoms with Crippen LogP contribution in [0.15, 0.2) is 0 Å². The minimum Gasteiger partial charge on any atom is -0.392 e. The zero-order chi connectivity index (χ0) is 9.10. The van der Waals surface area contributed by atoms with Crippen molar-refractivity contribution in [2.24, 2.45) is 5.92 Å². The van der Waals surface area contributed by atoms with Gasteiger partial charge in [0.1, 0.15) is 0 Å². The SMILES string of the molecule is O[C@@H]1CCC[C@H]1SCC1CCCC1. The summed E-state index contributed by atoms with van der Waals surface area (Å²) in [5.41, 5.74) is 0. The molecule has 0 bridgehead atoms. The Bertz CT molecular complexity index is 154. The highest BCUT2D eigenvalue weighted by Gasteiger charge is 2.26. The topological polar surface area (TPSA) is 20.2 Å². The van der Waals surface area contributed by atoms with Gasteiger partial charge in [0.05, 0.1) is 6.10 Å². The molecule has 0 aliphatic heterocycles. The van der Waals surface area contributed by atoms with Crippen molar-refractivity contribution in [3.05, 3.63) is 0 Å². The molecular formula is C11H20OS. The van der Waals surface area contributed by atoms with Gasteiger partial charge < -0.3 is 5.11 Å². The number of hydrogen-bond donors (Lipinski definition) is 1. The minimum absolute atomic E-state index is 0.00593. The summed E-state index contributed by atoms with van der Waals surface area (Å²) in [7, 11) is 0. The van der Waals surface area contributed by atoms with Crippen LogP contribution in [0.4, 0.5) is 0 Å². The summed E-state index contributed by atoms with van der Waals surface area (Å²) >= 11 is 2.04. The number of rotatable bonds is 3. The molecule has 2 aliphatic carbocycles. The summed E-state index contributed by atoms with van der Waals surface area (Å²) < 4.78 is 0. The number of thioether (sulfide) groups is 1. The second kappa shape index (κ2) is 4.70. The molecule has 0 aromatic rings. The summed E-state index contributed by atoms with van der Waals surface area (Å²) in [6.07, 6.45) is 9.30. The fraction of sp³-hybridized carbons (Fsp3) is 1.00. The fourth-order valence-electron chi connectivity index (χ4n) is 2.54. The van der Waals surface area contributed by atoms with Gasteiger partial charge in [-0.2, -0.15) is 11.8 Å². The van der Waals surface area contributed by atoms with E-state index >= 15 is 0 Å². The van der Waals surface area contributed by atoms with E-state index in [1.54, 1.807) is 0 Å². The lowest BCUT2D eigenvalue weighted by molar-refractivity contribution is 0.188. The quantitative estimate of drug-likeness (QED) is 0.756. The molecule has 2 saturated carbocycles. The zero-order valence-corrected chi connectivity index (χ0v) is 9.06. The second-order valence-electron chi connectivity index (χ2n) is 4.52. The molecule has 0 radical (unpaired) electrons. The van der Waals surface area contributed by atoms with Crippen LogP contribution >= 0.6 is 11.8 Å². The molecular weight excluding hydrogens is 180 g/mol. The van der Waals surface area contributed by atoms with Gasteiger partial charge in [0.15, 0.2) is 0 Å². The third-order valence-electron chi connectivity index (χ3n) is 3.44. The van der Waals surface area contributed by atoms with Crippen molar-refractivity contribution < 1.29 is 5.11 Å². The Morgan fingerprint density at radius 1 is 1.00 bits per heavy atom. The van der Waals surface area contributed by atoms with Crippen molar-refractivity contribution >= 4 is 11.8 Å². The smallest absolute Gasteiger partial charge is 0.0658 e. The van der Waals surface area contributed by atoms with Crippen LogP contribution in [-0.4, -0.2) is 22.2 Å². The van der Waals surface area contributed by atoms with E-state index in [1.807, 2.05) is 11.8 Å². The fourth-order valence-corrected chi connectivity index (χ4v) is 4.08. The van der Waals surface area contributed by atoms with E-state index in [4.69, 9.17) is 0 Å². The number of aliphatic hydroxyl groups excluding tert-OH is 1. The molecule has 2 heteroatoms. The van der Waals surface area contributed by atoms with Gasteiger partial charge in [0, 0.05) is 5.25 Å². The van der Waals surface area contributed by atoms with Gasteiger partial charge in [-0.3, -0.25) is 0 Å². The summed E-state index contributed by atoms with van der Waals surface area (Å²) in [6, 6.07) is 0. The lowest BCUT2D eigenvalue weighted by Crippen LogP contribution is -2.16. The molecule has 0 unspecified atom stereocenters. The van der Waals surface area contributed by atoms with Crippen molar-refractivity contribution in [2.45, 2.75) is 56.3 Å².